The molecule has 1 unspecified atom stereocenters. The maximum absolute atomic E-state index is 13.1. The summed E-state index contributed by atoms with van der Waals surface area (Å²) in [5.41, 5.74) is 9.93. The number of nitrogens with one attached hydrogen (secondary N) is 1. The van der Waals surface area contributed by atoms with Crippen molar-refractivity contribution in [1.82, 2.24) is 19.7 Å². The number of H-pyrrole nitrogens is 1. The first-order chi connectivity index (χ1) is 15.5. The number of piperidine rings is 1. The van der Waals surface area contributed by atoms with E-state index < -0.39 is 5.92 Å². The highest BCUT2D eigenvalue weighted by atomic mass is 16.5. The van der Waals surface area contributed by atoms with E-state index in [0.29, 0.717) is 17.4 Å². The van der Waals surface area contributed by atoms with Gasteiger partial charge in [0, 0.05) is 41.4 Å². The van der Waals surface area contributed by atoms with Crippen molar-refractivity contribution < 1.29 is 9.53 Å². The lowest BCUT2D eigenvalue weighted by atomic mass is 9.84. The van der Waals surface area contributed by atoms with Crippen LogP contribution in [-0.4, -0.2) is 38.7 Å². The third kappa shape index (κ3) is 3.21. The van der Waals surface area contributed by atoms with Crippen molar-refractivity contribution in [3.8, 4) is 11.9 Å². The summed E-state index contributed by atoms with van der Waals surface area (Å²) >= 11 is 0. The molecule has 0 radical (unpaired) electrons. The quantitative estimate of drug-likeness (QED) is 0.663. The van der Waals surface area contributed by atoms with Gasteiger partial charge in [0.1, 0.15) is 18.2 Å². The topological polar surface area (TPSA) is 113 Å². The Bertz CT molecular complexity index is 1270. The molecular weight excluding hydrogens is 404 g/mol. The fourth-order valence-corrected chi connectivity index (χ4v) is 4.85. The van der Waals surface area contributed by atoms with Crippen molar-refractivity contribution >= 4 is 16.8 Å². The van der Waals surface area contributed by atoms with Crippen molar-refractivity contribution in [3.05, 3.63) is 58.7 Å². The maximum atomic E-state index is 13.1. The second-order valence-electron chi connectivity index (χ2n) is 8.79. The molecule has 1 aromatic carbocycles. The van der Waals surface area contributed by atoms with E-state index in [0.717, 1.165) is 53.7 Å². The van der Waals surface area contributed by atoms with E-state index in [1.54, 1.807) is 0 Å². The van der Waals surface area contributed by atoms with Crippen LogP contribution in [0.1, 0.15) is 42.5 Å². The van der Waals surface area contributed by atoms with Crippen LogP contribution in [0.15, 0.2) is 41.9 Å². The van der Waals surface area contributed by atoms with Gasteiger partial charge in [0.05, 0.1) is 5.92 Å². The molecular formula is C24H26N6O2. The van der Waals surface area contributed by atoms with Crippen LogP contribution in [0.4, 0.5) is 0 Å². The van der Waals surface area contributed by atoms with Crippen LogP contribution in [0.3, 0.4) is 0 Å². The Hall–Kier alpha value is -3.73. The zero-order chi connectivity index (χ0) is 22.4. The number of nitriles is 1. The standard InChI is InChI=1S/C24H26N6O2/c1-14-7-9-29(10-8-14)20(31)13-30-12-18(16-5-3-4-6-19(16)30)22-17(11-25)23(26)32-24-21(22)15(2)27-28-24/h3-6,12,14,22H,7-10,13,26H2,1-2H3,(H,27,28). The first-order valence-corrected chi connectivity index (χ1v) is 11.0. The predicted molar refractivity (Wildman–Crippen MR) is 120 cm³/mol. The Kier molecular flexibility index (Phi) is 4.89. The molecule has 3 N–H and O–H groups in total. The number of nitrogens with two attached hydrogens (primary N) is 1. The van der Waals surface area contributed by atoms with Crippen molar-refractivity contribution in [3.63, 3.8) is 0 Å². The van der Waals surface area contributed by atoms with Crippen LogP contribution >= 0.6 is 0 Å². The molecule has 8 heteroatoms. The summed E-state index contributed by atoms with van der Waals surface area (Å²) in [5.74, 6) is 0.818. The molecule has 4 heterocycles. The summed E-state index contributed by atoms with van der Waals surface area (Å²) in [4.78, 5) is 15.0. The van der Waals surface area contributed by atoms with E-state index >= 15 is 0 Å². The number of carbonyl (C=O) groups excluding carboxylic acids is 1. The molecule has 1 saturated heterocycles. The molecule has 0 saturated carbocycles. The van der Waals surface area contributed by atoms with E-state index in [4.69, 9.17) is 10.5 Å². The molecule has 0 spiro atoms. The summed E-state index contributed by atoms with van der Waals surface area (Å²) in [6, 6.07) is 10.2. The van der Waals surface area contributed by atoms with Gasteiger partial charge < -0.3 is 19.9 Å². The summed E-state index contributed by atoms with van der Waals surface area (Å²) in [7, 11) is 0. The molecule has 1 fully saturated rings. The second-order valence-corrected chi connectivity index (χ2v) is 8.79. The number of aromatic nitrogens is 3. The van der Waals surface area contributed by atoms with Gasteiger partial charge in [0.15, 0.2) is 0 Å². The molecule has 0 aliphatic carbocycles. The summed E-state index contributed by atoms with van der Waals surface area (Å²) in [6.07, 6.45) is 4.07. The Morgan fingerprint density at radius 2 is 2.09 bits per heavy atom. The number of hydrogen-bond donors (Lipinski definition) is 2. The lowest BCUT2D eigenvalue weighted by Crippen LogP contribution is -2.39. The third-order valence-corrected chi connectivity index (χ3v) is 6.70. The molecule has 2 aliphatic rings. The summed E-state index contributed by atoms with van der Waals surface area (Å²) < 4.78 is 7.59. The van der Waals surface area contributed by atoms with Gasteiger partial charge in [-0.3, -0.25) is 9.89 Å². The Morgan fingerprint density at radius 1 is 1.34 bits per heavy atom. The van der Waals surface area contributed by atoms with E-state index in [1.807, 2.05) is 46.9 Å². The van der Waals surface area contributed by atoms with Gasteiger partial charge in [0.25, 0.3) is 0 Å². The van der Waals surface area contributed by atoms with Crippen molar-refractivity contribution in [1.29, 1.82) is 5.26 Å². The van der Waals surface area contributed by atoms with Crippen LogP contribution in [0.25, 0.3) is 10.9 Å². The van der Waals surface area contributed by atoms with Crippen molar-refractivity contribution in [2.45, 2.75) is 39.2 Å². The lowest BCUT2D eigenvalue weighted by Gasteiger charge is -2.30. The van der Waals surface area contributed by atoms with Crippen LogP contribution in [0, 0.1) is 24.2 Å². The number of aryl methyl sites for hydroxylation is 1. The number of carbonyl (C=O) groups is 1. The highest BCUT2D eigenvalue weighted by molar-refractivity contribution is 5.88. The van der Waals surface area contributed by atoms with Crippen LogP contribution < -0.4 is 10.5 Å². The number of benzene rings is 1. The fourth-order valence-electron chi connectivity index (χ4n) is 4.85. The SMILES string of the molecule is Cc1[nH]nc2c1C(c1cn(CC(=O)N3CCC(C)CC3)c3ccccc13)C(C#N)=C(N)O2. The highest BCUT2D eigenvalue weighted by Gasteiger charge is 2.36. The highest BCUT2D eigenvalue weighted by Crippen LogP contribution is 2.45. The number of likely N-dealkylation sites (tertiary alicyclic amines) is 1. The van der Waals surface area contributed by atoms with Crippen LogP contribution in [-0.2, 0) is 11.3 Å². The molecule has 1 amide bonds. The first-order valence-electron chi connectivity index (χ1n) is 11.0. The van der Waals surface area contributed by atoms with E-state index in [2.05, 4.69) is 23.2 Å². The van der Waals surface area contributed by atoms with Gasteiger partial charge in [-0.15, -0.1) is 5.10 Å². The summed E-state index contributed by atoms with van der Waals surface area (Å²) in [5, 5.41) is 18.0. The summed E-state index contributed by atoms with van der Waals surface area (Å²) in [6.45, 7) is 6.01. The van der Waals surface area contributed by atoms with E-state index in [1.165, 1.54) is 0 Å². The van der Waals surface area contributed by atoms with Gasteiger partial charge >= 0.3 is 0 Å². The Labute approximate surface area is 186 Å². The largest absolute Gasteiger partial charge is 0.420 e. The molecule has 2 aromatic heterocycles. The smallest absolute Gasteiger partial charge is 0.244 e. The predicted octanol–water partition coefficient (Wildman–Crippen LogP) is 3.15. The number of nitrogens with zero attached hydrogens (tertiary/aromatic N) is 4. The lowest BCUT2D eigenvalue weighted by molar-refractivity contribution is -0.133. The second kappa shape index (κ2) is 7.75. The van der Waals surface area contributed by atoms with Crippen LogP contribution in [0.2, 0.25) is 0 Å². The number of para-hydroxylation sites is 1. The minimum atomic E-state index is -0.417. The fraction of sp³-hybridized carbons (Fsp3) is 0.375. The van der Waals surface area contributed by atoms with Gasteiger partial charge in [-0.25, -0.2) is 0 Å². The van der Waals surface area contributed by atoms with Crippen molar-refractivity contribution in [2.75, 3.05) is 13.1 Å². The zero-order valence-corrected chi connectivity index (χ0v) is 18.3. The van der Waals surface area contributed by atoms with E-state index in [9.17, 15) is 10.1 Å². The van der Waals surface area contributed by atoms with Gasteiger partial charge in [-0.1, -0.05) is 25.1 Å². The molecule has 164 valence electrons. The number of fused-ring (bicyclic) bond motifs is 2. The monoisotopic (exact) mass is 430 g/mol. The number of ether oxygens (including phenoxy) is 1. The van der Waals surface area contributed by atoms with E-state index in [-0.39, 0.29) is 18.3 Å². The number of aromatic amines is 1. The molecule has 2 aliphatic heterocycles. The van der Waals surface area contributed by atoms with Crippen molar-refractivity contribution in [2.24, 2.45) is 11.7 Å². The normalized spacial score (nSPS) is 19.0. The molecule has 3 aromatic rings. The number of allylic oxidation sites excluding steroid dienone is 1. The average Bonchev–Trinajstić information content (AvgIpc) is 3.34. The Balaban J connectivity index is 1.58. The molecule has 32 heavy (non-hydrogen) atoms. The maximum Gasteiger partial charge on any atom is 0.244 e. The molecule has 0 bridgehead atoms. The molecule has 5 rings (SSSR count). The molecule has 8 nitrogen and oxygen atoms in total. The number of rotatable bonds is 3. The van der Waals surface area contributed by atoms with Gasteiger partial charge in [-0.05, 0) is 37.3 Å². The first kappa shape index (κ1) is 20.2. The molecule has 1 atom stereocenters. The number of amides is 1. The Morgan fingerprint density at radius 3 is 2.84 bits per heavy atom. The van der Waals surface area contributed by atoms with Gasteiger partial charge in [-0.2, -0.15) is 5.26 Å². The minimum absolute atomic E-state index is 0.0619. The number of hydrogen-bond acceptors (Lipinski definition) is 5. The van der Waals surface area contributed by atoms with Gasteiger partial charge in [0.2, 0.25) is 17.7 Å². The zero-order valence-electron chi connectivity index (χ0n) is 18.3. The minimum Gasteiger partial charge on any atom is -0.420 e. The average molecular weight is 431 g/mol. The third-order valence-electron chi connectivity index (χ3n) is 6.70. The van der Waals surface area contributed by atoms with Crippen LogP contribution in [0.5, 0.6) is 5.88 Å².